The quantitative estimate of drug-likeness (QED) is 0.665. The van der Waals surface area contributed by atoms with Gasteiger partial charge in [-0.1, -0.05) is 27.2 Å². The second-order valence-corrected chi connectivity index (χ2v) is 7.59. The molecule has 16 heavy (non-hydrogen) atoms. The van der Waals surface area contributed by atoms with Crippen molar-refractivity contribution in [1.82, 2.24) is 0 Å². The van der Waals surface area contributed by atoms with Gasteiger partial charge in [0.1, 0.15) is 0 Å². The van der Waals surface area contributed by atoms with Crippen LogP contribution in [-0.4, -0.2) is 10.7 Å². The van der Waals surface area contributed by atoms with E-state index in [1.807, 2.05) is 0 Å². The van der Waals surface area contributed by atoms with Crippen molar-refractivity contribution in [3.63, 3.8) is 0 Å². The highest BCUT2D eigenvalue weighted by Crippen LogP contribution is 2.71. The molecule has 0 bridgehead atoms. The van der Waals surface area contributed by atoms with E-state index in [9.17, 15) is 5.11 Å². The standard InChI is InChI=1S/C15H26O/c1-9-5-6-10-12(9)13-11(14(13,2)3)7-8-15(10,4)16/h9-13,16H,5-8H2,1-4H3/t9-,10+,11-,12-,13-,15+/m1/s1. The van der Waals surface area contributed by atoms with E-state index >= 15 is 0 Å². The summed E-state index contributed by atoms with van der Waals surface area (Å²) >= 11 is 0. The van der Waals surface area contributed by atoms with Gasteiger partial charge in [0, 0.05) is 0 Å². The predicted octanol–water partition coefficient (Wildman–Crippen LogP) is 3.47. The Bertz CT molecular complexity index is 305. The maximum atomic E-state index is 10.7. The van der Waals surface area contributed by atoms with Gasteiger partial charge in [0.2, 0.25) is 0 Å². The van der Waals surface area contributed by atoms with E-state index < -0.39 is 0 Å². The normalized spacial score (nSPS) is 58.7. The van der Waals surface area contributed by atoms with Crippen LogP contribution in [0.3, 0.4) is 0 Å². The Kier molecular flexibility index (Phi) is 2.11. The van der Waals surface area contributed by atoms with Gasteiger partial charge >= 0.3 is 0 Å². The lowest BCUT2D eigenvalue weighted by Gasteiger charge is -2.35. The second-order valence-electron chi connectivity index (χ2n) is 7.59. The van der Waals surface area contributed by atoms with E-state index in [1.165, 1.54) is 19.3 Å². The van der Waals surface area contributed by atoms with Crippen molar-refractivity contribution in [3.05, 3.63) is 0 Å². The summed E-state index contributed by atoms with van der Waals surface area (Å²) in [5.74, 6) is 4.03. The van der Waals surface area contributed by atoms with Gasteiger partial charge < -0.3 is 5.11 Å². The van der Waals surface area contributed by atoms with Crippen LogP contribution in [0.5, 0.6) is 0 Å². The van der Waals surface area contributed by atoms with E-state index in [-0.39, 0.29) is 5.60 Å². The van der Waals surface area contributed by atoms with Gasteiger partial charge in [-0.3, -0.25) is 0 Å². The summed E-state index contributed by atoms with van der Waals surface area (Å²) < 4.78 is 0. The summed E-state index contributed by atoms with van der Waals surface area (Å²) in [5.41, 5.74) is 0.191. The Hall–Kier alpha value is -0.0400. The summed E-state index contributed by atoms with van der Waals surface area (Å²) in [4.78, 5) is 0. The number of hydrogen-bond donors (Lipinski definition) is 1. The monoisotopic (exact) mass is 222 g/mol. The van der Waals surface area contributed by atoms with Gasteiger partial charge in [-0.25, -0.2) is 0 Å². The molecule has 92 valence electrons. The van der Waals surface area contributed by atoms with E-state index in [0.29, 0.717) is 11.3 Å². The van der Waals surface area contributed by atoms with Crippen LogP contribution in [0.15, 0.2) is 0 Å². The minimum absolute atomic E-state index is 0.376. The fraction of sp³-hybridized carbons (Fsp3) is 1.00. The van der Waals surface area contributed by atoms with Gasteiger partial charge in [-0.05, 0) is 61.2 Å². The molecule has 3 aliphatic rings. The molecule has 0 spiro atoms. The largest absolute Gasteiger partial charge is 0.390 e. The average Bonchev–Trinajstić information content (AvgIpc) is 2.51. The van der Waals surface area contributed by atoms with Crippen LogP contribution in [0.2, 0.25) is 0 Å². The predicted molar refractivity (Wildman–Crippen MR) is 66.0 cm³/mol. The summed E-state index contributed by atoms with van der Waals surface area (Å²) in [6.07, 6.45) is 4.89. The first kappa shape index (κ1) is 11.1. The fourth-order valence-electron chi connectivity index (χ4n) is 5.29. The molecule has 3 saturated carbocycles. The molecule has 0 saturated heterocycles. The first-order valence-corrected chi connectivity index (χ1v) is 7.08. The Morgan fingerprint density at radius 1 is 1.00 bits per heavy atom. The fourth-order valence-corrected chi connectivity index (χ4v) is 5.29. The zero-order chi connectivity index (χ0) is 11.7. The molecule has 1 heteroatoms. The maximum Gasteiger partial charge on any atom is 0.0650 e. The second kappa shape index (κ2) is 3.04. The number of fused-ring (bicyclic) bond motifs is 3. The van der Waals surface area contributed by atoms with Crippen LogP contribution in [0, 0.1) is 35.0 Å². The first-order valence-electron chi connectivity index (χ1n) is 7.08. The van der Waals surface area contributed by atoms with Crippen molar-refractivity contribution in [2.75, 3.05) is 0 Å². The summed E-state index contributed by atoms with van der Waals surface area (Å²) in [6, 6.07) is 0. The Morgan fingerprint density at radius 3 is 2.38 bits per heavy atom. The molecule has 0 heterocycles. The molecule has 0 aromatic carbocycles. The molecular weight excluding hydrogens is 196 g/mol. The molecule has 1 N–H and O–H groups in total. The highest BCUT2D eigenvalue weighted by Gasteiger charge is 2.66. The van der Waals surface area contributed by atoms with Crippen molar-refractivity contribution >= 4 is 0 Å². The highest BCUT2D eigenvalue weighted by molar-refractivity contribution is 5.14. The van der Waals surface area contributed by atoms with Gasteiger partial charge in [-0.2, -0.15) is 0 Å². The summed E-state index contributed by atoms with van der Waals surface area (Å²) in [5, 5.41) is 10.7. The van der Waals surface area contributed by atoms with Crippen LogP contribution >= 0.6 is 0 Å². The zero-order valence-electron chi connectivity index (χ0n) is 11.2. The molecule has 3 rings (SSSR count). The lowest BCUT2D eigenvalue weighted by Crippen LogP contribution is -2.38. The molecule has 6 atom stereocenters. The summed E-state index contributed by atoms with van der Waals surface area (Å²) in [7, 11) is 0. The van der Waals surface area contributed by atoms with Gasteiger partial charge in [-0.15, -0.1) is 0 Å². The average molecular weight is 222 g/mol. The topological polar surface area (TPSA) is 20.2 Å². The third-order valence-electron chi connectivity index (χ3n) is 6.37. The molecule has 0 unspecified atom stereocenters. The minimum Gasteiger partial charge on any atom is -0.390 e. The van der Waals surface area contributed by atoms with Crippen LogP contribution in [0.25, 0.3) is 0 Å². The molecule has 3 fully saturated rings. The molecule has 3 aliphatic carbocycles. The third kappa shape index (κ3) is 1.27. The van der Waals surface area contributed by atoms with Crippen molar-refractivity contribution in [2.24, 2.45) is 35.0 Å². The van der Waals surface area contributed by atoms with Crippen LogP contribution < -0.4 is 0 Å². The maximum absolute atomic E-state index is 10.7. The van der Waals surface area contributed by atoms with Gasteiger partial charge in [0.25, 0.3) is 0 Å². The zero-order valence-corrected chi connectivity index (χ0v) is 11.2. The van der Waals surface area contributed by atoms with Crippen LogP contribution in [-0.2, 0) is 0 Å². The lowest BCUT2D eigenvalue weighted by atomic mass is 9.74. The van der Waals surface area contributed by atoms with Crippen molar-refractivity contribution in [3.8, 4) is 0 Å². The molecular formula is C15H26O. The minimum atomic E-state index is -0.376. The SMILES string of the molecule is C[C@@H]1CC[C@H]2[C@@H]1[C@H]1[C@@H](CC[C@]2(C)O)C1(C)C. The Morgan fingerprint density at radius 2 is 1.69 bits per heavy atom. The van der Waals surface area contributed by atoms with Gasteiger partial charge in [0.15, 0.2) is 0 Å². The molecule has 0 amide bonds. The smallest absolute Gasteiger partial charge is 0.0650 e. The van der Waals surface area contributed by atoms with E-state index in [1.54, 1.807) is 0 Å². The molecule has 1 nitrogen and oxygen atoms in total. The van der Waals surface area contributed by atoms with E-state index in [4.69, 9.17) is 0 Å². The van der Waals surface area contributed by atoms with Crippen LogP contribution in [0.1, 0.15) is 53.4 Å². The first-order chi connectivity index (χ1) is 7.36. The number of aliphatic hydroxyl groups is 1. The molecule has 0 radical (unpaired) electrons. The lowest BCUT2D eigenvalue weighted by molar-refractivity contribution is -0.0302. The number of rotatable bonds is 0. The third-order valence-corrected chi connectivity index (χ3v) is 6.37. The highest BCUT2D eigenvalue weighted by atomic mass is 16.3. The molecule has 0 aromatic rings. The van der Waals surface area contributed by atoms with E-state index in [2.05, 4.69) is 27.7 Å². The van der Waals surface area contributed by atoms with E-state index in [0.717, 1.165) is 30.1 Å². The van der Waals surface area contributed by atoms with Gasteiger partial charge in [0.05, 0.1) is 5.60 Å². The molecule has 0 aliphatic heterocycles. The van der Waals surface area contributed by atoms with Crippen molar-refractivity contribution < 1.29 is 5.11 Å². The Labute approximate surface area is 99.6 Å². The Balaban J connectivity index is 1.94. The van der Waals surface area contributed by atoms with Crippen LogP contribution in [0.4, 0.5) is 0 Å². The molecule has 0 aromatic heterocycles. The van der Waals surface area contributed by atoms with Crippen molar-refractivity contribution in [1.29, 1.82) is 0 Å². The number of hydrogen-bond acceptors (Lipinski definition) is 1. The van der Waals surface area contributed by atoms with Crippen molar-refractivity contribution in [2.45, 2.75) is 59.0 Å². The summed E-state index contributed by atoms with van der Waals surface area (Å²) in [6.45, 7) is 9.41.